The lowest BCUT2D eigenvalue weighted by Gasteiger charge is -2.35. The number of hydrogen-bond acceptors (Lipinski definition) is 6. The minimum absolute atomic E-state index is 0. The van der Waals surface area contributed by atoms with E-state index in [-0.39, 0.29) is 47.8 Å². The van der Waals surface area contributed by atoms with Gasteiger partial charge >= 0.3 is 17.9 Å². The molecule has 0 heterocycles. The van der Waals surface area contributed by atoms with Crippen LogP contribution in [0.3, 0.4) is 0 Å². The van der Waals surface area contributed by atoms with Crippen LogP contribution in [0.4, 0.5) is 0 Å². The van der Waals surface area contributed by atoms with E-state index < -0.39 is 24.0 Å². The molecule has 0 N–H and O–H groups in total. The fraction of sp³-hybridized carbons (Fsp3) is 0.750. The Labute approximate surface area is 230 Å². The third kappa shape index (κ3) is 16.9. The maximum Gasteiger partial charge on any atom is 0.333 e. The molecule has 0 aromatic heterocycles. The molecule has 0 unspecified atom stereocenters. The van der Waals surface area contributed by atoms with Gasteiger partial charge in [-0.1, -0.05) is 45.3 Å². The van der Waals surface area contributed by atoms with Crippen LogP contribution in [-0.4, -0.2) is 67.9 Å². The Hall–Kier alpha value is -1.67. The summed E-state index contributed by atoms with van der Waals surface area (Å²) in [6.07, 6.45) is 8.51. The van der Waals surface area contributed by atoms with Crippen LogP contribution in [0.15, 0.2) is 24.3 Å². The molecule has 0 aromatic rings. The molecule has 0 saturated heterocycles. The number of rotatable bonds is 21. The van der Waals surface area contributed by atoms with Gasteiger partial charge in [-0.15, -0.1) is 0 Å². The highest BCUT2D eigenvalue weighted by Crippen LogP contribution is 2.14. The summed E-state index contributed by atoms with van der Waals surface area (Å²) in [5.74, 6) is -1.56. The first-order valence-electron chi connectivity index (χ1n) is 13.3. The molecule has 0 aliphatic heterocycles. The number of unbranched alkanes of at least 4 members (excludes halogenated alkanes) is 7. The van der Waals surface area contributed by atoms with Gasteiger partial charge in [-0.2, -0.15) is 0 Å². The van der Waals surface area contributed by atoms with Gasteiger partial charge in [-0.25, -0.2) is 9.59 Å². The molecule has 0 radical (unpaired) electrons. The Morgan fingerprint density at radius 1 is 0.694 bits per heavy atom. The van der Waals surface area contributed by atoms with Crippen LogP contribution in [0, 0.1) is 0 Å². The molecule has 0 aromatic carbocycles. The zero-order valence-electron chi connectivity index (χ0n) is 23.4. The Bertz CT molecular complexity index is 637. The smallest absolute Gasteiger partial charge is 0.333 e. The zero-order chi connectivity index (χ0) is 26.7. The zero-order valence-corrected chi connectivity index (χ0v) is 25.0. The van der Waals surface area contributed by atoms with Crippen molar-refractivity contribution in [1.29, 1.82) is 0 Å². The minimum atomic E-state index is -0.861. The normalized spacial score (nSPS) is 10.9. The second-order valence-electron chi connectivity index (χ2n) is 9.46. The lowest BCUT2D eigenvalue weighted by atomic mass is 10.1. The van der Waals surface area contributed by atoms with Crippen molar-refractivity contribution in [2.45, 2.75) is 98.5 Å². The van der Waals surface area contributed by atoms with Crippen molar-refractivity contribution in [1.82, 2.24) is 0 Å². The molecule has 0 saturated carbocycles. The van der Waals surface area contributed by atoms with E-state index in [0.29, 0.717) is 0 Å². The SMILES string of the molecule is C=C(C)C(=O)OCC(COC(=O)C(=C)C)OC(=O)CCCCCCCCCC[N+](CC)(CC)CC.[Br-]. The van der Waals surface area contributed by atoms with E-state index in [9.17, 15) is 14.4 Å². The molecule has 7 nitrogen and oxygen atoms in total. The summed E-state index contributed by atoms with van der Waals surface area (Å²) in [4.78, 5) is 35.5. The van der Waals surface area contributed by atoms with Crippen LogP contribution in [0.5, 0.6) is 0 Å². The molecular weight excluding hydrogens is 526 g/mol. The van der Waals surface area contributed by atoms with Crippen LogP contribution in [0.2, 0.25) is 0 Å². The number of carbonyl (C=O) groups is 3. The van der Waals surface area contributed by atoms with E-state index in [1.165, 1.54) is 76.6 Å². The molecule has 210 valence electrons. The predicted molar refractivity (Wildman–Crippen MR) is 140 cm³/mol. The van der Waals surface area contributed by atoms with Gasteiger partial charge in [-0.05, 0) is 53.9 Å². The van der Waals surface area contributed by atoms with Crippen LogP contribution < -0.4 is 17.0 Å². The molecule has 0 atom stereocenters. The summed E-state index contributed by atoms with van der Waals surface area (Å²) in [5.41, 5.74) is 0.480. The summed E-state index contributed by atoms with van der Waals surface area (Å²) < 4.78 is 16.7. The number of halogens is 1. The molecule has 0 rings (SSSR count). The maximum absolute atomic E-state index is 12.2. The first-order valence-corrected chi connectivity index (χ1v) is 13.3. The molecular formula is C28H50BrNO6. The highest BCUT2D eigenvalue weighted by Gasteiger charge is 2.20. The molecule has 0 fully saturated rings. The van der Waals surface area contributed by atoms with E-state index in [0.717, 1.165) is 19.3 Å². The fourth-order valence-electron chi connectivity index (χ4n) is 3.87. The first-order chi connectivity index (χ1) is 16.6. The van der Waals surface area contributed by atoms with Crippen LogP contribution in [0.1, 0.15) is 92.4 Å². The van der Waals surface area contributed by atoms with Gasteiger partial charge in [0.05, 0.1) is 26.2 Å². The number of ether oxygens (including phenoxy) is 3. The maximum atomic E-state index is 12.2. The average Bonchev–Trinajstić information content (AvgIpc) is 2.84. The van der Waals surface area contributed by atoms with Crippen LogP contribution in [-0.2, 0) is 28.6 Å². The van der Waals surface area contributed by atoms with Gasteiger partial charge in [0.15, 0.2) is 6.10 Å². The predicted octanol–water partition coefficient (Wildman–Crippen LogP) is 2.53. The van der Waals surface area contributed by atoms with E-state index >= 15 is 0 Å². The van der Waals surface area contributed by atoms with Gasteiger partial charge in [-0.3, -0.25) is 4.79 Å². The number of quaternary nitrogens is 1. The van der Waals surface area contributed by atoms with Crippen molar-refractivity contribution in [3.8, 4) is 0 Å². The molecule has 0 aliphatic rings. The number of carbonyl (C=O) groups excluding carboxylic acids is 3. The van der Waals surface area contributed by atoms with Gasteiger partial charge in [0, 0.05) is 17.6 Å². The number of esters is 3. The molecule has 0 spiro atoms. The minimum Gasteiger partial charge on any atom is -1.00 e. The van der Waals surface area contributed by atoms with E-state index in [1.54, 1.807) is 0 Å². The molecule has 8 heteroatoms. The molecule has 0 amide bonds. The first kappa shape index (κ1) is 36.5. The van der Waals surface area contributed by atoms with Crippen LogP contribution >= 0.6 is 0 Å². The standard InChI is InChI=1S/C28H50NO6.BrH/c1-8-29(9-2,10-3)20-18-16-14-12-11-13-15-17-19-26(30)35-25(21-33-27(31)23(4)5)22-34-28(32)24(6)7;/h25H,4,6,8-22H2,1-3,5,7H3;1H/q+1;/p-1. The second-order valence-corrected chi connectivity index (χ2v) is 9.46. The van der Waals surface area contributed by atoms with Gasteiger partial charge < -0.3 is 35.7 Å². The lowest BCUT2D eigenvalue weighted by molar-refractivity contribution is -0.923. The van der Waals surface area contributed by atoms with Crippen molar-refractivity contribution in [2.24, 2.45) is 0 Å². The Morgan fingerprint density at radius 2 is 1.08 bits per heavy atom. The topological polar surface area (TPSA) is 78.9 Å². The highest BCUT2D eigenvalue weighted by molar-refractivity contribution is 5.87. The Morgan fingerprint density at radius 3 is 1.47 bits per heavy atom. The molecule has 0 aliphatic carbocycles. The molecule has 0 bridgehead atoms. The van der Waals surface area contributed by atoms with Crippen molar-refractivity contribution in [3.63, 3.8) is 0 Å². The van der Waals surface area contributed by atoms with E-state index in [4.69, 9.17) is 14.2 Å². The summed E-state index contributed by atoms with van der Waals surface area (Å²) in [5, 5.41) is 0. The fourth-order valence-corrected chi connectivity index (χ4v) is 3.87. The van der Waals surface area contributed by atoms with Gasteiger partial charge in [0.2, 0.25) is 0 Å². The highest BCUT2D eigenvalue weighted by atomic mass is 79.9. The van der Waals surface area contributed by atoms with Gasteiger partial charge in [0.25, 0.3) is 0 Å². The van der Waals surface area contributed by atoms with Crippen molar-refractivity contribution < 1.29 is 50.1 Å². The number of nitrogens with zero attached hydrogens (tertiary/aromatic N) is 1. The largest absolute Gasteiger partial charge is 1.00 e. The summed E-state index contributed by atoms with van der Waals surface area (Å²) in [6, 6.07) is 0. The van der Waals surface area contributed by atoms with Crippen molar-refractivity contribution >= 4 is 17.9 Å². The Balaban J connectivity index is 0. The Kier molecular flexibility index (Phi) is 21.7. The summed E-state index contributed by atoms with van der Waals surface area (Å²) in [7, 11) is 0. The number of hydrogen-bond donors (Lipinski definition) is 0. The monoisotopic (exact) mass is 575 g/mol. The lowest BCUT2D eigenvalue weighted by Crippen LogP contribution is -3.00. The van der Waals surface area contributed by atoms with E-state index in [2.05, 4.69) is 33.9 Å². The van der Waals surface area contributed by atoms with Crippen LogP contribution in [0.25, 0.3) is 0 Å². The summed E-state index contributed by atoms with van der Waals surface area (Å²) in [6.45, 7) is 21.5. The van der Waals surface area contributed by atoms with E-state index in [1.807, 2.05) is 0 Å². The summed E-state index contributed by atoms with van der Waals surface area (Å²) >= 11 is 0. The molecule has 36 heavy (non-hydrogen) atoms. The van der Waals surface area contributed by atoms with Gasteiger partial charge in [0.1, 0.15) is 13.2 Å². The third-order valence-electron chi connectivity index (χ3n) is 6.57. The second kappa shape index (κ2) is 21.4. The quantitative estimate of drug-likeness (QED) is 0.0688. The van der Waals surface area contributed by atoms with Crippen molar-refractivity contribution in [2.75, 3.05) is 39.4 Å². The third-order valence-corrected chi connectivity index (χ3v) is 6.57. The average molecular weight is 577 g/mol. The van der Waals surface area contributed by atoms with Crippen molar-refractivity contribution in [3.05, 3.63) is 24.3 Å².